The summed E-state index contributed by atoms with van der Waals surface area (Å²) in [7, 11) is -3.32. The number of esters is 2. The van der Waals surface area contributed by atoms with Crippen LogP contribution in [-0.4, -0.2) is 31.9 Å². The monoisotopic (exact) mass is 444 g/mol. The second kappa shape index (κ2) is 10.1. The van der Waals surface area contributed by atoms with Crippen molar-refractivity contribution >= 4 is 21.8 Å². The average Bonchev–Trinajstić information content (AvgIpc) is 3.01. The van der Waals surface area contributed by atoms with Crippen molar-refractivity contribution in [3.05, 3.63) is 59.7 Å². The van der Waals surface area contributed by atoms with Gasteiger partial charge in [-0.05, 0) is 60.1 Å². The van der Waals surface area contributed by atoms with Gasteiger partial charge in [0.2, 0.25) is 0 Å². The van der Waals surface area contributed by atoms with E-state index in [1.165, 1.54) is 0 Å². The quantitative estimate of drug-likeness (QED) is 0.455. The lowest BCUT2D eigenvalue weighted by Gasteiger charge is -2.16. The van der Waals surface area contributed by atoms with Gasteiger partial charge in [-0.25, -0.2) is 8.42 Å². The number of carbonyl (C=O) groups excluding carboxylic acids is 2. The molecule has 0 radical (unpaired) electrons. The Labute approximate surface area is 183 Å². The van der Waals surface area contributed by atoms with Crippen LogP contribution < -0.4 is 9.47 Å². The Morgan fingerprint density at radius 2 is 1.10 bits per heavy atom. The van der Waals surface area contributed by atoms with Gasteiger partial charge < -0.3 is 9.47 Å². The van der Waals surface area contributed by atoms with E-state index in [2.05, 4.69) is 0 Å². The first-order chi connectivity index (χ1) is 14.8. The summed E-state index contributed by atoms with van der Waals surface area (Å²) in [6.45, 7) is 4.07. The molecule has 2 unspecified atom stereocenters. The molecule has 1 heterocycles. The van der Waals surface area contributed by atoms with Crippen molar-refractivity contribution in [2.75, 3.05) is 11.5 Å². The minimum Gasteiger partial charge on any atom is -0.427 e. The molecule has 0 bridgehead atoms. The lowest BCUT2D eigenvalue weighted by Crippen LogP contribution is -2.23. The van der Waals surface area contributed by atoms with Crippen molar-refractivity contribution in [1.82, 2.24) is 0 Å². The molecule has 7 heteroatoms. The summed E-state index contributed by atoms with van der Waals surface area (Å²) in [5, 5.41) is 0. The average molecular weight is 445 g/mol. The van der Waals surface area contributed by atoms with Crippen LogP contribution in [0, 0.1) is 11.8 Å². The highest BCUT2D eigenvalue weighted by Crippen LogP contribution is 2.32. The number of sulfone groups is 1. The van der Waals surface area contributed by atoms with E-state index in [0.717, 1.165) is 24.0 Å². The van der Waals surface area contributed by atoms with Gasteiger partial charge in [0.05, 0.1) is 24.3 Å². The van der Waals surface area contributed by atoms with Gasteiger partial charge in [0.15, 0.2) is 9.84 Å². The fourth-order valence-electron chi connectivity index (χ4n) is 3.80. The molecule has 2 aromatic rings. The maximum absolute atomic E-state index is 12.4. The summed E-state index contributed by atoms with van der Waals surface area (Å²) in [6.07, 6.45) is 1.65. The molecule has 0 aromatic heterocycles. The Morgan fingerprint density at radius 3 is 1.42 bits per heavy atom. The zero-order valence-corrected chi connectivity index (χ0v) is 18.7. The summed E-state index contributed by atoms with van der Waals surface area (Å²) in [5.41, 5.74) is 2.26. The van der Waals surface area contributed by atoms with Gasteiger partial charge >= 0.3 is 11.9 Å². The SMILES string of the molecule is CCc1ccc(OC(=O)CC2CS(=O)(=O)CC2CC(=O)Oc2ccc(CC)cc2)cc1. The highest BCUT2D eigenvalue weighted by atomic mass is 32.2. The van der Waals surface area contributed by atoms with Gasteiger partial charge in [-0.2, -0.15) is 0 Å². The molecular formula is C24H28O6S. The van der Waals surface area contributed by atoms with Gasteiger partial charge in [-0.1, -0.05) is 38.1 Å². The van der Waals surface area contributed by atoms with Gasteiger partial charge in [0.25, 0.3) is 0 Å². The first-order valence-corrected chi connectivity index (χ1v) is 12.4. The predicted octanol–water partition coefficient (Wildman–Crippen LogP) is 3.76. The standard InChI is InChI=1S/C24H28O6S/c1-3-17-5-9-21(10-6-17)29-23(25)13-19-15-31(27,28)16-20(19)14-24(26)30-22-11-7-18(4-2)8-12-22/h5-12,19-20H,3-4,13-16H2,1-2H3. The first kappa shape index (κ1) is 23.0. The Morgan fingerprint density at radius 1 is 0.742 bits per heavy atom. The molecule has 6 nitrogen and oxygen atoms in total. The van der Waals surface area contributed by atoms with Crippen LogP contribution >= 0.6 is 0 Å². The smallest absolute Gasteiger partial charge is 0.311 e. The second-order valence-corrected chi connectivity index (χ2v) is 10.1. The molecular weight excluding hydrogens is 416 g/mol. The van der Waals surface area contributed by atoms with E-state index in [1.54, 1.807) is 24.3 Å². The van der Waals surface area contributed by atoms with E-state index in [4.69, 9.17) is 9.47 Å². The fraction of sp³-hybridized carbons (Fsp3) is 0.417. The molecule has 2 aromatic carbocycles. The number of rotatable bonds is 8. The highest BCUT2D eigenvalue weighted by Gasteiger charge is 2.40. The topological polar surface area (TPSA) is 86.7 Å². The number of benzene rings is 2. The minimum atomic E-state index is -3.32. The normalized spacial score (nSPS) is 19.7. The minimum absolute atomic E-state index is 0.0576. The molecule has 1 aliphatic heterocycles. The summed E-state index contributed by atoms with van der Waals surface area (Å²) < 4.78 is 35.1. The fourth-order valence-corrected chi connectivity index (χ4v) is 6.03. The van der Waals surface area contributed by atoms with Crippen LogP contribution in [0.5, 0.6) is 11.5 Å². The molecule has 0 aliphatic carbocycles. The zero-order valence-electron chi connectivity index (χ0n) is 17.9. The maximum Gasteiger partial charge on any atom is 0.311 e. The highest BCUT2D eigenvalue weighted by molar-refractivity contribution is 7.91. The maximum atomic E-state index is 12.4. The lowest BCUT2D eigenvalue weighted by atomic mass is 9.90. The molecule has 1 saturated heterocycles. The second-order valence-electron chi connectivity index (χ2n) is 7.95. The molecule has 166 valence electrons. The Kier molecular flexibility index (Phi) is 7.49. The van der Waals surface area contributed by atoms with Gasteiger partial charge in [0.1, 0.15) is 11.5 Å². The summed E-state index contributed by atoms with van der Waals surface area (Å²) in [6, 6.07) is 14.4. The number of ether oxygens (including phenoxy) is 2. The van der Waals surface area contributed by atoms with Crippen LogP contribution in [0.25, 0.3) is 0 Å². The Bertz CT molecular complexity index is 932. The molecule has 1 aliphatic rings. The molecule has 0 spiro atoms. The number of hydrogen-bond acceptors (Lipinski definition) is 6. The van der Waals surface area contributed by atoms with Gasteiger partial charge in [0, 0.05) is 0 Å². The third-order valence-corrected chi connectivity index (χ3v) is 7.46. The van der Waals surface area contributed by atoms with Crippen LogP contribution in [-0.2, 0) is 32.3 Å². The van der Waals surface area contributed by atoms with Crippen LogP contribution in [0.1, 0.15) is 37.8 Å². The number of hydrogen-bond donors (Lipinski definition) is 0. The third kappa shape index (κ3) is 6.66. The van der Waals surface area contributed by atoms with Crippen molar-refractivity contribution in [1.29, 1.82) is 0 Å². The van der Waals surface area contributed by atoms with Crippen LogP contribution in [0.3, 0.4) is 0 Å². The first-order valence-electron chi connectivity index (χ1n) is 10.6. The lowest BCUT2D eigenvalue weighted by molar-refractivity contribution is -0.138. The van der Waals surface area contributed by atoms with E-state index in [-0.39, 0.29) is 24.3 Å². The van der Waals surface area contributed by atoms with Crippen molar-refractivity contribution < 1.29 is 27.5 Å². The molecule has 31 heavy (non-hydrogen) atoms. The molecule has 1 fully saturated rings. The van der Waals surface area contributed by atoms with E-state index in [1.807, 2.05) is 38.1 Å². The summed E-state index contributed by atoms with van der Waals surface area (Å²) in [4.78, 5) is 24.8. The van der Waals surface area contributed by atoms with Gasteiger partial charge in [-0.3, -0.25) is 9.59 Å². The van der Waals surface area contributed by atoms with E-state index in [0.29, 0.717) is 11.5 Å². The van der Waals surface area contributed by atoms with Crippen molar-refractivity contribution in [2.45, 2.75) is 39.5 Å². The Balaban J connectivity index is 1.59. The molecule has 0 amide bonds. The van der Waals surface area contributed by atoms with Gasteiger partial charge in [-0.15, -0.1) is 0 Å². The van der Waals surface area contributed by atoms with E-state index >= 15 is 0 Å². The third-order valence-electron chi connectivity index (χ3n) is 5.59. The molecule has 3 rings (SSSR count). The molecule has 2 atom stereocenters. The number of aryl methyl sites for hydroxylation is 2. The van der Waals surface area contributed by atoms with Crippen molar-refractivity contribution in [2.24, 2.45) is 11.8 Å². The Hall–Kier alpha value is -2.67. The van der Waals surface area contributed by atoms with Crippen LogP contribution in [0.15, 0.2) is 48.5 Å². The molecule has 0 N–H and O–H groups in total. The predicted molar refractivity (Wildman–Crippen MR) is 118 cm³/mol. The summed E-state index contributed by atoms with van der Waals surface area (Å²) in [5.74, 6) is -1.34. The van der Waals surface area contributed by atoms with Crippen molar-refractivity contribution in [3.63, 3.8) is 0 Å². The zero-order chi connectivity index (χ0) is 22.4. The van der Waals surface area contributed by atoms with Crippen LogP contribution in [0.4, 0.5) is 0 Å². The van der Waals surface area contributed by atoms with E-state index < -0.39 is 33.6 Å². The van der Waals surface area contributed by atoms with Crippen LogP contribution in [0.2, 0.25) is 0 Å². The molecule has 0 saturated carbocycles. The van der Waals surface area contributed by atoms with Crippen molar-refractivity contribution in [3.8, 4) is 11.5 Å². The summed E-state index contributed by atoms with van der Waals surface area (Å²) >= 11 is 0. The number of carbonyl (C=O) groups is 2. The van der Waals surface area contributed by atoms with E-state index in [9.17, 15) is 18.0 Å². The largest absolute Gasteiger partial charge is 0.427 e.